The van der Waals surface area contributed by atoms with Crippen LogP contribution in [0.3, 0.4) is 0 Å². The second-order valence-corrected chi connectivity index (χ2v) is 8.60. The Morgan fingerprint density at radius 1 is 1.21 bits per heavy atom. The Morgan fingerprint density at radius 2 is 1.86 bits per heavy atom. The van der Waals surface area contributed by atoms with E-state index in [1.165, 1.54) is 7.11 Å². The lowest BCUT2D eigenvalue weighted by Gasteiger charge is -2.39. The van der Waals surface area contributed by atoms with Crippen LogP contribution in [0.15, 0.2) is 53.4 Å². The summed E-state index contributed by atoms with van der Waals surface area (Å²) in [6, 6.07) is 17.1. The number of aliphatic hydroxyl groups is 1. The summed E-state index contributed by atoms with van der Waals surface area (Å²) < 4.78 is 4.76. The smallest absolute Gasteiger partial charge is 0.337 e. The predicted octanol–water partition coefficient (Wildman–Crippen LogP) is 3.55. The SMILES string of the molecule is COC(=O)c1ccc(SC(CCc2ccc(C#N)cc2)C2(O)CCNCC2)cc1. The second kappa shape index (κ2) is 9.93. The van der Waals surface area contributed by atoms with Crippen molar-refractivity contribution in [2.45, 2.75) is 41.4 Å². The summed E-state index contributed by atoms with van der Waals surface area (Å²) in [6.45, 7) is 1.62. The molecule has 0 amide bonds. The maximum Gasteiger partial charge on any atom is 0.337 e. The molecule has 6 heteroatoms. The maximum absolute atomic E-state index is 11.7. The number of benzene rings is 2. The Bertz CT molecular complexity index is 853. The predicted molar refractivity (Wildman–Crippen MR) is 114 cm³/mol. The number of piperidine rings is 1. The highest BCUT2D eigenvalue weighted by Crippen LogP contribution is 2.38. The van der Waals surface area contributed by atoms with E-state index < -0.39 is 5.60 Å². The molecule has 0 spiro atoms. The molecule has 1 fully saturated rings. The highest BCUT2D eigenvalue weighted by atomic mass is 32.2. The molecular weight excluding hydrogens is 384 g/mol. The largest absolute Gasteiger partial charge is 0.465 e. The Morgan fingerprint density at radius 3 is 2.45 bits per heavy atom. The van der Waals surface area contributed by atoms with Crippen LogP contribution in [0.25, 0.3) is 0 Å². The molecule has 0 saturated carbocycles. The first-order valence-corrected chi connectivity index (χ1v) is 10.7. The minimum absolute atomic E-state index is 0.0317. The first-order valence-electron chi connectivity index (χ1n) is 9.81. The van der Waals surface area contributed by atoms with Gasteiger partial charge in [0, 0.05) is 10.1 Å². The molecule has 152 valence electrons. The van der Waals surface area contributed by atoms with Gasteiger partial charge in [0.1, 0.15) is 0 Å². The third-order valence-corrected chi connectivity index (χ3v) is 6.90. The number of rotatable bonds is 7. The Kier molecular flexibility index (Phi) is 7.32. The number of carbonyl (C=O) groups is 1. The standard InChI is InChI=1S/C23H26N2O3S/c1-28-22(26)19-7-9-20(10-8-19)29-21(23(27)12-14-25-15-13-23)11-6-17-2-4-18(16-24)5-3-17/h2-5,7-10,21,25,27H,6,11-15H2,1H3. The van der Waals surface area contributed by atoms with Gasteiger partial charge < -0.3 is 15.2 Å². The number of carbonyl (C=O) groups excluding carboxylic acids is 1. The summed E-state index contributed by atoms with van der Waals surface area (Å²) in [6.07, 6.45) is 3.10. The fourth-order valence-corrected chi connectivity index (χ4v) is 4.93. The summed E-state index contributed by atoms with van der Waals surface area (Å²) in [5.74, 6) is -0.351. The first-order chi connectivity index (χ1) is 14.0. The highest BCUT2D eigenvalue weighted by Gasteiger charge is 2.38. The minimum Gasteiger partial charge on any atom is -0.465 e. The number of nitrogens with one attached hydrogen (secondary N) is 1. The molecular formula is C23H26N2O3S. The van der Waals surface area contributed by atoms with Crippen LogP contribution in [0, 0.1) is 11.3 Å². The van der Waals surface area contributed by atoms with Crippen molar-refractivity contribution in [2.24, 2.45) is 0 Å². The van der Waals surface area contributed by atoms with Gasteiger partial charge in [-0.05, 0) is 80.7 Å². The first kappa shape index (κ1) is 21.4. The van der Waals surface area contributed by atoms with E-state index in [2.05, 4.69) is 11.4 Å². The van der Waals surface area contributed by atoms with Crippen LogP contribution in [-0.4, -0.2) is 42.1 Å². The zero-order valence-corrected chi connectivity index (χ0v) is 17.4. The lowest BCUT2D eigenvalue weighted by atomic mass is 9.86. The normalized spacial score (nSPS) is 16.6. The van der Waals surface area contributed by atoms with Gasteiger partial charge in [-0.25, -0.2) is 4.79 Å². The number of aryl methyl sites for hydroxylation is 1. The van der Waals surface area contributed by atoms with E-state index in [9.17, 15) is 9.90 Å². The molecule has 1 atom stereocenters. The van der Waals surface area contributed by atoms with E-state index in [-0.39, 0.29) is 11.2 Å². The van der Waals surface area contributed by atoms with Crippen LogP contribution in [0.2, 0.25) is 0 Å². The fourth-order valence-electron chi connectivity index (χ4n) is 3.61. The lowest BCUT2D eigenvalue weighted by Crippen LogP contribution is -2.49. The molecule has 0 radical (unpaired) electrons. The number of nitrogens with zero attached hydrogens (tertiary/aromatic N) is 1. The van der Waals surface area contributed by atoms with E-state index in [4.69, 9.17) is 10.00 Å². The molecule has 1 unspecified atom stereocenters. The fraction of sp³-hybridized carbons (Fsp3) is 0.391. The van der Waals surface area contributed by atoms with Gasteiger partial charge in [-0.3, -0.25) is 0 Å². The molecule has 3 rings (SSSR count). The molecule has 29 heavy (non-hydrogen) atoms. The Balaban J connectivity index is 1.73. The average molecular weight is 411 g/mol. The van der Waals surface area contributed by atoms with Gasteiger partial charge in [0.25, 0.3) is 0 Å². The topological polar surface area (TPSA) is 82.4 Å². The van der Waals surface area contributed by atoms with Gasteiger partial charge >= 0.3 is 5.97 Å². The van der Waals surface area contributed by atoms with Gasteiger partial charge in [-0.15, -0.1) is 11.8 Å². The van der Waals surface area contributed by atoms with Gasteiger partial charge in [-0.2, -0.15) is 5.26 Å². The Hall–Kier alpha value is -2.33. The van der Waals surface area contributed by atoms with Crippen LogP contribution >= 0.6 is 11.8 Å². The van der Waals surface area contributed by atoms with E-state index in [1.54, 1.807) is 23.9 Å². The van der Waals surface area contributed by atoms with Gasteiger partial charge in [0.05, 0.1) is 29.9 Å². The quantitative estimate of drug-likeness (QED) is 0.537. The van der Waals surface area contributed by atoms with Crippen LogP contribution < -0.4 is 5.32 Å². The molecule has 0 aliphatic carbocycles. The monoisotopic (exact) mass is 410 g/mol. The number of hydrogen-bond acceptors (Lipinski definition) is 6. The van der Waals surface area contributed by atoms with Gasteiger partial charge in [0.2, 0.25) is 0 Å². The van der Waals surface area contributed by atoms with Crippen molar-refractivity contribution >= 4 is 17.7 Å². The molecule has 2 aromatic rings. The highest BCUT2D eigenvalue weighted by molar-refractivity contribution is 8.00. The van der Waals surface area contributed by atoms with E-state index in [0.717, 1.165) is 49.2 Å². The maximum atomic E-state index is 11.7. The van der Waals surface area contributed by atoms with Crippen LogP contribution in [0.4, 0.5) is 0 Å². The number of ether oxygens (including phenoxy) is 1. The number of nitriles is 1. The van der Waals surface area contributed by atoms with E-state index in [1.807, 2.05) is 36.4 Å². The third kappa shape index (κ3) is 5.60. The number of hydrogen-bond donors (Lipinski definition) is 2. The summed E-state index contributed by atoms with van der Waals surface area (Å²) in [4.78, 5) is 12.7. The van der Waals surface area contributed by atoms with E-state index >= 15 is 0 Å². The van der Waals surface area contributed by atoms with Crippen LogP contribution in [0.1, 0.15) is 40.7 Å². The molecule has 2 N–H and O–H groups in total. The van der Waals surface area contributed by atoms with Crippen LogP contribution in [0.5, 0.6) is 0 Å². The zero-order valence-electron chi connectivity index (χ0n) is 16.6. The molecule has 0 aromatic heterocycles. The Labute approximate surface area is 176 Å². The molecule has 1 aliphatic heterocycles. The van der Waals surface area contributed by atoms with Crippen molar-refractivity contribution < 1.29 is 14.6 Å². The van der Waals surface area contributed by atoms with Crippen molar-refractivity contribution in [3.63, 3.8) is 0 Å². The van der Waals surface area contributed by atoms with Crippen molar-refractivity contribution in [1.29, 1.82) is 5.26 Å². The number of esters is 1. The van der Waals surface area contributed by atoms with Gasteiger partial charge in [-0.1, -0.05) is 12.1 Å². The molecule has 5 nitrogen and oxygen atoms in total. The summed E-state index contributed by atoms with van der Waals surface area (Å²) in [5.41, 5.74) is 1.60. The number of methoxy groups -OCH3 is 1. The average Bonchev–Trinajstić information content (AvgIpc) is 2.77. The summed E-state index contributed by atoms with van der Waals surface area (Å²) in [7, 11) is 1.37. The van der Waals surface area contributed by atoms with Crippen molar-refractivity contribution in [3.8, 4) is 6.07 Å². The molecule has 1 saturated heterocycles. The second-order valence-electron chi connectivity index (χ2n) is 7.32. The van der Waals surface area contributed by atoms with Crippen molar-refractivity contribution in [2.75, 3.05) is 20.2 Å². The molecule has 2 aromatic carbocycles. The van der Waals surface area contributed by atoms with Crippen molar-refractivity contribution in [1.82, 2.24) is 5.32 Å². The zero-order chi connectivity index (χ0) is 20.7. The summed E-state index contributed by atoms with van der Waals surface area (Å²) >= 11 is 1.67. The molecule has 1 aliphatic rings. The third-order valence-electron chi connectivity index (χ3n) is 5.40. The minimum atomic E-state index is -0.733. The molecule has 0 bridgehead atoms. The van der Waals surface area contributed by atoms with Gasteiger partial charge in [0.15, 0.2) is 0 Å². The summed E-state index contributed by atoms with van der Waals surface area (Å²) in [5, 5.41) is 23.7. The lowest BCUT2D eigenvalue weighted by molar-refractivity contribution is 0.00678. The van der Waals surface area contributed by atoms with Crippen LogP contribution in [-0.2, 0) is 11.2 Å². The van der Waals surface area contributed by atoms with E-state index in [0.29, 0.717) is 11.1 Å². The molecule has 1 heterocycles. The number of thioether (sulfide) groups is 1. The van der Waals surface area contributed by atoms with Crippen molar-refractivity contribution in [3.05, 3.63) is 65.2 Å².